The average Bonchev–Trinajstić information content (AvgIpc) is 3.59. The van der Waals surface area contributed by atoms with Gasteiger partial charge in [-0.15, -0.1) is 97.8 Å². The van der Waals surface area contributed by atoms with Gasteiger partial charge in [0.05, 0.1) is 0 Å². The molecular weight excluding hydrogens is 1680 g/mol. The van der Waals surface area contributed by atoms with Gasteiger partial charge in [0.15, 0.2) is 0 Å². The van der Waals surface area contributed by atoms with Crippen molar-refractivity contribution in [3.8, 4) is 37.5 Å². The molecule has 0 aliphatic carbocycles. The summed E-state index contributed by atoms with van der Waals surface area (Å²) >= 11 is 3.69. The Morgan fingerprint density at radius 3 is 0.733 bits per heavy atom. The number of terminal acetylenes is 3. The minimum absolute atomic E-state index is 0. The summed E-state index contributed by atoms with van der Waals surface area (Å²) in [6.45, 7) is 31.3. The van der Waals surface area contributed by atoms with Gasteiger partial charge in [0.2, 0.25) is 0 Å². The fourth-order valence-electron chi connectivity index (χ4n) is 6.71. The molecule has 3 aliphatic heterocycles. The van der Waals surface area contributed by atoms with Crippen LogP contribution < -0.4 is 14.7 Å². The number of anilines is 6. The first-order chi connectivity index (χ1) is 40.1. The van der Waals surface area contributed by atoms with Gasteiger partial charge in [-0.1, -0.05) is 183 Å². The molecule has 6 aromatic rings. The maximum Gasteiger partial charge on any atom is 0.373 e. The number of carbonyl (C=O) groups excluding carboxylic acids is 6. The molecule has 471 valence electrons. The number of halogens is 3. The largest absolute Gasteiger partial charge is 0.397 e. The van der Waals surface area contributed by atoms with Crippen LogP contribution in [0.25, 0.3) is 0 Å². The summed E-state index contributed by atoms with van der Waals surface area (Å²) in [5.74, 6) is 4.60. The summed E-state index contributed by atoms with van der Waals surface area (Å²) in [6, 6.07) is 53.7. The molecule has 17 heteroatoms. The standard InChI is InChI=1S/3C14H12N.2C3H4.7C2H6.C2H2.3CO2.2CH4.2HIS.HI.3Y/c3*1-15-13-8-4-2-6-11(13)10-12-7-3-5-9-14(12)15;2*1-3-2;8*1-2;3*2-1-3;;;2*1-2;;;;/h3*2-4,6-9H,10H2,1H3;2*1H,2H3;7*1-2H3;1-2H;;;;2*1H4;2*2H;1H;;;/q3*-1;;;;;;;;;;;;;;;;;;;;;/i;;;1T;;;;;;;;;1T;;;;;;;;;;;. The fourth-order valence-corrected chi connectivity index (χ4v) is 6.71. The van der Waals surface area contributed by atoms with E-state index < -0.39 is 0 Å². The first-order valence-electron chi connectivity index (χ1n) is 26.9. The van der Waals surface area contributed by atoms with Crippen LogP contribution in [0.1, 0.15) is 162 Å². The van der Waals surface area contributed by atoms with Gasteiger partial charge in [0.25, 0.3) is 0 Å². The van der Waals surface area contributed by atoms with E-state index in [1.54, 1.807) is 13.8 Å². The molecule has 3 radical (unpaired) electrons. The number of hydrogen-bond acceptors (Lipinski definition) is 11. The Hall–Kier alpha value is -2.26. The van der Waals surface area contributed by atoms with Gasteiger partial charge in [-0.2, -0.15) is 102 Å². The van der Waals surface area contributed by atoms with Gasteiger partial charge in [-0.25, -0.2) is 0 Å². The van der Waals surface area contributed by atoms with E-state index in [1.165, 1.54) is 73.9 Å². The molecule has 0 atom stereocenters. The summed E-state index contributed by atoms with van der Waals surface area (Å²) in [6.07, 6.45) is 16.1. The van der Waals surface area contributed by atoms with E-state index in [1.807, 2.05) is 164 Å². The Kier molecular flexibility index (Phi) is 132. The first-order valence-corrected chi connectivity index (χ1v) is 32.4. The minimum atomic E-state index is 0. The maximum absolute atomic E-state index is 8.12. The Morgan fingerprint density at radius 2 is 0.570 bits per heavy atom. The minimum Gasteiger partial charge on any atom is -0.397 e. The van der Waals surface area contributed by atoms with Crippen LogP contribution in [-0.2, 0) is 146 Å². The second-order valence-electron chi connectivity index (χ2n) is 12.5. The SMILES string of the molecule is C.C.C#CC.CC.CC.CC.CC.CC.CC.CC.CN1c2c[c-]ccc2Cc2ccccc21.CN1c2c[c-]ccc2Cc2ccccc21.CN1c2c[c-]ccc2Cc2ccccc21.I.O=C=O.O=C=O.O=C=O.SI.SI.[3H]C#C.[3H]C#CC.[Y].[Y].[Y]. The van der Waals surface area contributed by atoms with E-state index in [0.29, 0.717) is 0 Å². The van der Waals surface area contributed by atoms with Crippen molar-refractivity contribution >= 4 is 139 Å². The number of fused-ring (bicyclic) bond motifs is 6. The smallest absolute Gasteiger partial charge is 0.373 e. The van der Waals surface area contributed by atoms with Crippen molar-refractivity contribution in [2.45, 2.75) is 145 Å². The van der Waals surface area contributed by atoms with Gasteiger partial charge < -0.3 is 14.7 Å². The van der Waals surface area contributed by atoms with Gasteiger partial charge in [-0.3, -0.25) is 0 Å². The second-order valence-corrected chi connectivity index (χ2v) is 12.5. The van der Waals surface area contributed by atoms with Crippen molar-refractivity contribution in [1.29, 1.82) is 0 Å². The van der Waals surface area contributed by atoms with E-state index in [-0.39, 0.29) is 155 Å². The predicted octanol–water partition coefficient (Wildman–Crippen LogP) is 20.9. The predicted molar refractivity (Wildman–Crippen MR) is 396 cm³/mol. The molecule has 9 nitrogen and oxygen atoms in total. The summed E-state index contributed by atoms with van der Waals surface area (Å²) in [7, 11) is 13.3. The molecular formula is C69H99I3N3O6S2Y3-3. The second kappa shape index (κ2) is 99.0. The van der Waals surface area contributed by atoms with E-state index in [0.717, 1.165) is 19.3 Å². The van der Waals surface area contributed by atoms with Crippen molar-refractivity contribution < 1.29 is 130 Å². The van der Waals surface area contributed by atoms with Gasteiger partial charge in [-0.05, 0) is 132 Å². The van der Waals surface area contributed by atoms with Crippen LogP contribution in [0.4, 0.5) is 34.1 Å². The third kappa shape index (κ3) is 53.6. The zero-order chi connectivity index (χ0) is 65.7. The van der Waals surface area contributed by atoms with E-state index in [4.69, 9.17) is 31.5 Å². The monoisotopic (exact) mass is 1780 g/mol. The molecule has 0 saturated heterocycles. The topological polar surface area (TPSA) is 112 Å². The molecule has 0 fully saturated rings. The molecule has 0 N–H and O–H groups in total. The molecule has 0 amide bonds. The zero-order valence-electron chi connectivity index (χ0n) is 55.0. The maximum atomic E-state index is 8.12. The molecule has 0 aromatic heterocycles. The third-order valence-corrected chi connectivity index (χ3v) is 9.08. The van der Waals surface area contributed by atoms with Crippen molar-refractivity contribution in [2.24, 2.45) is 0 Å². The third-order valence-electron chi connectivity index (χ3n) is 9.08. The van der Waals surface area contributed by atoms with Gasteiger partial charge in [0.1, 0.15) is 2.74 Å². The number of nitrogens with zero attached hydrogens (tertiary/aromatic N) is 3. The van der Waals surface area contributed by atoms with Crippen LogP contribution in [0.2, 0.25) is 0 Å². The molecule has 3 aliphatic rings. The van der Waals surface area contributed by atoms with E-state index in [9.17, 15) is 0 Å². The summed E-state index contributed by atoms with van der Waals surface area (Å²) in [4.78, 5) is 55.5. The molecule has 0 unspecified atom stereocenters. The average molecular weight is 1780 g/mol. The summed E-state index contributed by atoms with van der Waals surface area (Å²) in [5.41, 5.74) is 16.1. The summed E-state index contributed by atoms with van der Waals surface area (Å²) < 4.78 is 11.8. The number of benzene rings is 6. The Morgan fingerprint density at radius 1 is 0.419 bits per heavy atom. The molecule has 86 heavy (non-hydrogen) atoms. The van der Waals surface area contributed by atoms with Gasteiger partial charge >= 0.3 is 18.5 Å². The zero-order valence-corrected chi connectivity index (χ0v) is 69.9. The number of para-hydroxylation sites is 3. The van der Waals surface area contributed by atoms with E-state index >= 15 is 0 Å². The van der Waals surface area contributed by atoms with E-state index in [2.05, 4.69) is 208 Å². The molecule has 3 heterocycles. The number of hydrogen-bond donors (Lipinski definition) is 2. The molecule has 0 saturated carbocycles. The van der Waals surface area contributed by atoms with Crippen LogP contribution in [0.15, 0.2) is 127 Å². The normalized spacial score (nSPS) is 8.22. The van der Waals surface area contributed by atoms with Gasteiger partial charge in [0, 0.05) is 115 Å². The van der Waals surface area contributed by atoms with Crippen LogP contribution in [0.3, 0.4) is 0 Å². The molecule has 0 spiro atoms. The number of rotatable bonds is 0. The Labute approximate surface area is 656 Å². The van der Waals surface area contributed by atoms with Crippen LogP contribution in [0, 0.1) is 55.7 Å². The Balaban J connectivity index is -0.0000000537. The van der Waals surface area contributed by atoms with Crippen molar-refractivity contribution in [1.82, 2.24) is 0 Å². The van der Waals surface area contributed by atoms with Crippen LogP contribution in [0.5, 0.6) is 0 Å². The van der Waals surface area contributed by atoms with Crippen molar-refractivity contribution in [2.75, 3.05) is 35.8 Å². The number of thiol groups is 2. The van der Waals surface area contributed by atoms with Crippen LogP contribution in [-0.4, -0.2) is 39.6 Å². The fraction of sp³-hybridized carbons (Fsp3) is 0.348. The molecule has 0 bridgehead atoms. The van der Waals surface area contributed by atoms with Crippen molar-refractivity contribution in [3.05, 3.63) is 179 Å². The first kappa shape index (κ1) is 115. The molecule has 9 rings (SSSR count). The quantitative estimate of drug-likeness (QED) is 0.0665. The Bertz CT molecular complexity index is 2270. The van der Waals surface area contributed by atoms with Crippen molar-refractivity contribution in [3.63, 3.8) is 0 Å². The van der Waals surface area contributed by atoms with Crippen LogP contribution >= 0.6 is 86.0 Å². The summed E-state index contributed by atoms with van der Waals surface area (Å²) in [5, 5.41) is 0. The molecule has 6 aromatic carbocycles.